The molecule has 0 radical (unpaired) electrons. The highest BCUT2D eigenvalue weighted by molar-refractivity contribution is 9.10. The SMILES string of the molecule is O=C=Nc1cc2c(cc1Br)OCO2. The van der Waals surface area contributed by atoms with Gasteiger partial charge in [-0.15, -0.1) is 0 Å². The van der Waals surface area contributed by atoms with Crippen LogP contribution in [0.25, 0.3) is 0 Å². The van der Waals surface area contributed by atoms with E-state index in [9.17, 15) is 4.79 Å². The lowest BCUT2D eigenvalue weighted by atomic mass is 10.3. The van der Waals surface area contributed by atoms with Crippen molar-refractivity contribution in [2.24, 2.45) is 4.99 Å². The van der Waals surface area contributed by atoms with Crippen LogP contribution in [-0.4, -0.2) is 12.9 Å². The van der Waals surface area contributed by atoms with Gasteiger partial charge in [-0.05, 0) is 15.9 Å². The number of ether oxygens (including phenoxy) is 2. The van der Waals surface area contributed by atoms with Crippen LogP contribution in [0.2, 0.25) is 0 Å². The predicted octanol–water partition coefficient (Wildman–Crippen LogP) is 2.15. The quantitative estimate of drug-likeness (QED) is 0.559. The second-order valence-electron chi connectivity index (χ2n) is 2.36. The largest absolute Gasteiger partial charge is 0.454 e. The van der Waals surface area contributed by atoms with E-state index in [1.165, 1.54) is 6.08 Å². The Kier molecular flexibility index (Phi) is 2.04. The van der Waals surface area contributed by atoms with Gasteiger partial charge in [0.15, 0.2) is 11.5 Å². The number of hydrogen-bond acceptors (Lipinski definition) is 4. The Labute approximate surface area is 82.3 Å². The lowest BCUT2D eigenvalue weighted by molar-refractivity contribution is 0.174. The van der Waals surface area contributed by atoms with Crippen molar-refractivity contribution >= 4 is 27.7 Å². The molecule has 1 heterocycles. The fourth-order valence-electron chi connectivity index (χ4n) is 1.04. The Morgan fingerprint density at radius 2 is 2.08 bits per heavy atom. The zero-order valence-corrected chi connectivity index (χ0v) is 8.00. The van der Waals surface area contributed by atoms with E-state index in [-0.39, 0.29) is 6.79 Å². The first-order chi connectivity index (χ1) is 6.31. The van der Waals surface area contributed by atoms with Gasteiger partial charge < -0.3 is 9.47 Å². The van der Waals surface area contributed by atoms with E-state index < -0.39 is 0 Å². The first-order valence-corrected chi connectivity index (χ1v) is 4.27. The predicted molar refractivity (Wildman–Crippen MR) is 48.0 cm³/mol. The zero-order valence-electron chi connectivity index (χ0n) is 6.41. The van der Waals surface area contributed by atoms with Crippen LogP contribution in [0.4, 0.5) is 5.69 Å². The average molecular weight is 242 g/mol. The van der Waals surface area contributed by atoms with E-state index in [4.69, 9.17) is 9.47 Å². The molecule has 1 aliphatic heterocycles. The number of isocyanates is 1. The number of aliphatic imine (C=N–C) groups is 1. The van der Waals surface area contributed by atoms with Gasteiger partial charge in [0.05, 0.1) is 5.69 Å². The molecule has 0 aromatic heterocycles. The molecule has 0 aliphatic carbocycles. The first kappa shape index (κ1) is 8.29. The summed E-state index contributed by atoms with van der Waals surface area (Å²) < 4.78 is 10.9. The van der Waals surface area contributed by atoms with Crippen LogP contribution in [0.3, 0.4) is 0 Å². The van der Waals surface area contributed by atoms with Crippen molar-refractivity contribution < 1.29 is 14.3 Å². The molecule has 0 N–H and O–H groups in total. The number of benzene rings is 1. The highest BCUT2D eigenvalue weighted by Gasteiger charge is 2.15. The molecule has 0 saturated carbocycles. The molecule has 0 bridgehead atoms. The third-order valence-corrected chi connectivity index (χ3v) is 2.24. The lowest BCUT2D eigenvalue weighted by Crippen LogP contribution is -1.92. The van der Waals surface area contributed by atoms with Gasteiger partial charge in [-0.25, -0.2) is 4.79 Å². The van der Waals surface area contributed by atoms with E-state index in [1.54, 1.807) is 12.1 Å². The van der Waals surface area contributed by atoms with Crippen LogP contribution < -0.4 is 9.47 Å². The first-order valence-electron chi connectivity index (χ1n) is 3.48. The molecule has 0 unspecified atom stereocenters. The van der Waals surface area contributed by atoms with Crippen molar-refractivity contribution in [1.29, 1.82) is 0 Å². The summed E-state index contributed by atoms with van der Waals surface area (Å²) in [7, 11) is 0. The number of fused-ring (bicyclic) bond motifs is 1. The van der Waals surface area contributed by atoms with Crippen molar-refractivity contribution in [2.75, 3.05) is 6.79 Å². The molecule has 4 nitrogen and oxygen atoms in total. The Balaban J connectivity index is 2.55. The van der Waals surface area contributed by atoms with Crippen molar-refractivity contribution in [3.8, 4) is 11.5 Å². The topological polar surface area (TPSA) is 47.9 Å². The molecule has 0 spiro atoms. The number of nitrogens with zero attached hydrogens (tertiary/aromatic N) is 1. The summed E-state index contributed by atoms with van der Waals surface area (Å²) in [6, 6.07) is 3.33. The molecular formula is C8H4BrNO3. The van der Waals surface area contributed by atoms with Crippen LogP contribution in [0, 0.1) is 0 Å². The number of rotatable bonds is 1. The summed E-state index contributed by atoms with van der Waals surface area (Å²) in [6.45, 7) is 0.204. The molecule has 5 heteroatoms. The second-order valence-corrected chi connectivity index (χ2v) is 3.21. The van der Waals surface area contributed by atoms with Gasteiger partial charge in [-0.1, -0.05) is 0 Å². The molecule has 1 aromatic rings. The molecule has 66 valence electrons. The van der Waals surface area contributed by atoms with Gasteiger partial charge in [-0.3, -0.25) is 0 Å². The van der Waals surface area contributed by atoms with E-state index in [2.05, 4.69) is 20.9 Å². The van der Waals surface area contributed by atoms with Crippen LogP contribution in [-0.2, 0) is 4.79 Å². The van der Waals surface area contributed by atoms with Gasteiger partial charge >= 0.3 is 0 Å². The monoisotopic (exact) mass is 241 g/mol. The zero-order chi connectivity index (χ0) is 9.26. The van der Waals surface area contributed by atoms with Crippen molar-refractivity contribution in [3.63, 3.8) is 0 Å². The van der Waals surface area contributed by atoms with Crippen molar-refractivity contribution in [2.45, 2.75) is 0 Å². The van der Waals surface area contributed by atoms with Gasteiger partial charge in [0.1, 0.15) is 0 Å². The Bertz CT molecular complexity index is 399. The van der Waals surface area contributed by atoms with Crippen LogP contribution in [0.15, 0.2) is 21.6 Å². The highest BCUT2D eigenvalue weighted by Crippen LogP contribution is 2.40. The Morgan fingerprint density at radius 3 is 2.77 bits per heavy atom. The Hall–Kier alpha value is -1.32. The molecule has 0 atom stereocenters. The van der Waals surface area contributed by atoms with Crippen LogP contribution >= 0.6 is 15.9 Å². The van der Waals surface area contributed by atoms with Crippen molar-refractivity contribution in [3.05, 3.63) is 16.6 Å². The minimum atomic E-state index is 0.204. The molecule has 0 fully saturated rings. The summed E-state index contributed by atoms with van der Waals surface area (Å²) >= 11 is 3.24. The maximum absolute atomic E-state index is 10.0. The van der Waals surface area contributed by atoms with Gasteiger partial charge in [-0.2, -0.15) is 4.99 Å². The lowest BCUT2D eigenvalue weighted by Gasteiger charge is -1.98. The summed E-state index contributed by atoms with van der Waals surface area (Å²) in [5.74, 6) is 1.24. The van der Waals surface area contributed by atoms with Crippen LogP contribution in [0.1, 0.15) is 0 Å². The average Bonchev–Trinajstić information content (AvgIpc) is 2.52. The third-order valence-electron chi connectivity index (χ3n) is 1.61. The van der Waals surface area contributed by atoms with E-state index >= 15 is 0 Å². The maximum Gasteiger partial charge on any atom is 0.240 e. The Morgan fingerprint density at radius 1 is 1.38 bits per heavy atom. The number of hydrogen-bond donors (Lipinski definition) is 0. The van der Waals surface area contributed by atoms with Gasteiger partial charge in [0.25, 0.3) is 0 Å². The molecule has 1 aromatic carbocycles. The molecule has 2 rings (SSSR count). The molecule has 1 aliphatic rings. The van der Waals surface area contributed by atoms with E-state index in [0.29, 0.717) is 21.7 Å². The molecule has 13 heavy (non-hydrogen) atoms. The van der Waals surface area contributed by atoms with E-state index in [0.717, 1.165) is 0 Å². The fourth-order valence-corrected chi connectivity index (χ4v) is 1.45. The van der Waals surface area contributed by atoms with Gasteiger partial charge in [0.2, 0.25) is 12.9 Å². The summed E-state index contributed by atoms with van der Waals surface area (Å²) in [6.07, 6.45) is 1.46. The second kappa shape index (κ2) is 3.20. The fraction of sp³-hybridized carbons (Fsp3) is 0.125. The summed E-state index contributed by atoms with van der Waals surface area (Å²) in [5.41, 5.74) is 0.485. The van der Waals surface area contributed by atoms with E-state index in [1.807, 2.05) is 0 Å². The summed E-state index contributed by atoms with van der Waals surface area (Å²) in [5, 5.41) is 0. The molecule has 0 amide bonds. The third kappa shape index (κ3) is 1.43. The maximum atomic E-state index is 10.0. The number of carbonyl (C=O) groups excluding carboxylic acids is 1. The molecular weight excluding hydrogens is 238 g/mol. The normalized spacial score (nSPS) is 12.4. The highest BCUT2D eigenvalue weighted by atomic mass is 79.9. The minimum absolute atomic E-state index is 0.204. The van der Waals surface area contributed by atoms with Crippen molar-refractivity contribution in [1.82, 2.24) is 0 Å². The smallest absolute Gasteiger partial charge is 0.240 e. The number of halogens is 1. The molecule has 0 saturated heterocycles. The standard InChI is InChI=1S/C8H4BrNO3/c9-5-1-7-8(13-4-12-7)2-6(5)10-3-11/h1-2H,4H2. The summed E-state index contributed by atoms with van der Waals surface area (Å²) in [4.78, 5) is 13.5. The van der Waals surface area contributed by atoms with Crippen LogP contribution in [0.5, 0.6) is 11.5 Å². The van der Waals surface area contributed by atoms with Gasteiger partial charge in [0, 0.05) is 16.6 Å². The minimum Gasteiger partial charge on any atom is -0.454 e.